The van der Waals surface area contributed by atoms with Crippen LogP contribution in [0.1, 0.15) is 92.9 Å². The maximum Gasteiger partial charge on any atom is 0.222 e. The quantitative estimate of drug-likeness (QED) is 0.0161. The van der Waals surface area contributed by atoms with Crippen LogP contribution in [-0.4, -0.2) is 143 Å². The highest BCUT2D eigenvalue weighted by Crippen LogP contribution is 2.15. The zero-order valence-corrected chi connectivity index (χ0v) is 33.1. The fourth-order valence-electron chi connectivity index (χ4n) is 4.67. The van der Waals surface area contributed by atoms with Gasteiger partial charge in [-0.2, -0.15) is 0 Å². The van der Waals surface area contributed by atoms with Crippen LogP contribution in [0.25, 0.3) is 0 Å². The van der Waals surface area contributed by atoms with E-state index in [-0.39, 0.29) is 43.6 Å². The van der Waals surface area contributed by atoms with Gasteiger partial charge in [0.05, 0.1) is 75.4 Å². The largest absolute Gasteiger partial charge is 0.411 e. The number of oxime groups is 2. The SMILES string of the molecule is C/C(=N\O)C(C)(C)NCCC(CCNC(=O)CCCC(=O)NCCOCCOCCC(=O)NCCOCCOCCC=O)CCNC(C)(C)/C(C)=N/O. The van der Waals surface area contributed by atoms with E-state index in [0.717, 1.165) is 25.5 Å². The number of carbonyl (C=O) groups excluding carboxylic acids is 4. The minimum absolute atomic E-state index is 0.0976. The molecule has 0 atom stereocenters. The molecule has 0 saturated heterocycles. The summed E-state index contributed by atoms with van der Waals surface area (Å²) in [6.45, 7) is 16.8. The molecule has 0 bridgehead atoms. The van der Waals surface area contributed by atoms with Crippen LogP contribution in [0.2, 0.25) is 0 Å². The fraction of sp³-hybridized carbons (Fsp3) is 0.833. The van der Waals surface area contributed by atoms with Crippen molar-refractivity contribution in [1.29, 1.82) is 0 Å². The third-order valence-electron chi connectivity index (χ3n) is 8.77. The molecule has 3 amide bonds. The summed E-state index contributed by atoms with van der Waals surface area (Å²) in [5.41, 5.74) is 0.285. The molecule has 0 fully saturated rings. The van der Waals surface area contributed by atoms with Crippen LogP contribution in [0.5, 0.6) is 0 Å². The first-order valence-electron chi connectivity index (χ1n) is 18.7. The van der Waals surface area contributed by atoms with E-state index in [0.29, 0.717) is 109 Å². The Bertz CT molecular complexity index is 1040. The van der Waals surface area contributed by atoms with E-state index in [1.165, 1.54) is 0 Å². The normalized spacial score (nSPS) is 13.1. The first-order valence-corrected chi connectivity index (χ1v) is 18.7. The van der Waals surface area contributed by atoms with E-state index in [1.807, 2.05) is 27.7 Å². The molecule has 0 aliphatic rings. The summed E-state index contributed by atoms with van der Waals surface area (Å²) in [7, 11) is 0. The summed E-state index contributed by atoms with van der Waals surface area (Å²) >= 11 is 0. The predicted molar refractivity (Wildman–Crippen MR) is 203 cm³/mol. The van der Waals surface area contributed by atoms with Gasteiger partial charge in [0, 0.05) is 45.3 Å². The number of aldehydes is 1. The molecule has 0 saturated carbocycles. The van der Waals surface area contributed by atoms with Crippen molar-refractivity contribution in [2.24, 2.45) is 16.2 Å². The van der Waals surface area contributed by atoms with Crippen molar-refractivity contribution in [3.63, 3.8) is 0 Å². The van der Waals surface area contributed by atoms with E-state index in [1.54, 1.807) is 13.8 Å². The van der Waals surface area contributed by atoms with E-state index in [9.17, 15) is 19.2 Å². The molecule has 0 heterocycles. The number of rotatable bonds is 35. The van der Waals surface area contributed by atoms with Crippen LogP contribution in [0.3, 0.4) is 0 Å². The number of ether oxygens (including phenoxy) is 4. The molecule has 0 rings (SSSR count). The maximum atomic E-state index is 12.5. The Morgan fingerprint density at radius 2 is 0.981 bits per heavy atom. The molecule has 17 nitrogen and oxygen atoms in total. The van der Waals surface area contributed by atoms with Crippen LogP contribution < -0.4 is 26.6 Å². The highest BCUT2D eigenvalue weighted by molar-refractivity contribution is 5.90. The molecule has 0 aliphatic heterocycles. The zero-order valence-electron chi connectivity index (χ0n) is 33.1. The van der Waals surface area contributed by atoms with Gasteiger partial charge in [-0.05, 0) is 86.2 Å². The smallest absolute Gasteiger partial charge is 0.222 e. The van der Waals surface area contributed by atoms with Crippen LogP contribution in [0.4, 0.5) is 0 Å². The predicted octanol–water partition coefficient (Wildman–Crippen LogP) is 1.77. The lowest BCUT2D eigenvalue weighted by atomic mass is 9.94. The van der Waals surface area contributed by atoms with Crippen molar-refractivity contribution < 1.29 is 48.5 Å². The second-order valence-corrected chi connectivity index (χ2v) is 13.8. The third kappa shape index (κ3) is 28.0. The van der Waals surface area contributed by atoms with Gasteiger partial charge >= 0.3 is 0 Å². The zero-order chi connectivity index (χ0) is 39.8. The number of amides is 3. The summed E-state index contributed by atoms with van der Waals surface area (Å²) in [5.74, 6) is -0.0894. The van der Waals surface area contributed by atoms with Gasteiger partial charge in [-0.25, -0.2) is 0 Å². The van der Waals surface area contributed by atoms with Gasteiger partial charge in [-0.15, -0.1) is 0 Å². The van der Waals surface area contributed by atoms with Crippen molar-refractivity contribution in [2.75, 3.05) is 85.6 Å². The maximum absolute atomic E-state index is 12.5. The average Bonchev–Trinajstić information content (AvgIpc) is 3.12. The Hall–Kier alpha value is -3.22. The Kier molecular flexibility index (Phi) is 29.3. The highest BCUT2D eigenvalue weighted by atomic mass is 16.5. The topological polar surface area (TPSA) is 231 Å². The molecule has 0 unspecified atom stereocenters. The molecule has 17 heteroatoms. The second-order valence-electron chi connectivity index (χ2n) is 13.8. The Balaban J connectivity index is 4.08. The molecule has 0 aromatic carbocycles. The van der Waals surface area contributed by atoms with E-state index in [4.69, 9.17) is 29.4 Å². The molecule has 0 radical (unpaired) electrons. The minimum atomic E-state index is -0.450. The first-order chi connectivity index (χ1) is 25.3. The molecular weight excluding hydrogens is 690 g/mol. The highest BCUT2D eigenvalue weighted by Gasteiger charge is 2.24. The standard InChI is InChI=1S/C36H69N7O10/c1-29(42-48)35(3,4)40-16-12-31(13-17-41-36(5,6)30(2)43-49)11-15-37-32(45)9-7-10-33(46)38-18-23-53-28-26-51-22-14-34(47)39-19-24-52-27-25-50-21-8-20-44/h20,31,40-41,48-49H,7-19,21-28H2,1-6H3,(H,37,45)(H,38,46)(H,39,47)/b42-29+,43-30+. The van der Waals surface area contributed by atoms with Crippen LogP contribution >= 0.6 is 0 Å². The fourth-order valence-corrected chi connectivity index (χ4v) is 4.67. The number of hydrogen-bond acceptors (Lipinski definition) is 14. The van der Waals surface area contributed by atoms with E-state index >= 15 is 0 Å². The lowest BCUT2D eigenvalue weighted by Crippen LogP contribution is -2.47. The molecule has 308 valence electrons. The van der Waals surface area contributed by atoms with Gasteiger partial charge in [0.15, 0.2) is 0 Å². The number of carbonyl (C=O) groups is 4. The summed E-state index contributed by atoms with van der Waals surface area (Å²) in [5, 5.41) is 40.4. The van der Waals surface area contributed by atoms with Crippen molar-refractivity contribution in [3.05, 3.63) is 0 Å². The molecular formula is C36H69N7O10. The number of hydrogen-bond donors (Lipinski definition) is 7. The molecule has 7 N–H and O–H groups in total. The van der Waals surface area contributed by atoms with Gasteiger partial charge < -0.3 is 60.7 Å². The van der Waals surface area contributed by atoms with Gasteiger partial charge in [0.25, 0.3) is 0 Å². The van der Waals surface area contributed by atoms with Crippen molar-refractivity contribution in [1.82, 2.24) is 26.6 Å². The molecule has 0 aromatic heterocycles. The van der Waals surface area contributed by atoms with Gasteiger partial charge in [0.1, 0.15) is 6.29 Å². The Labute approximate surface area is 316 Å². The van der Waals surface area contributed by atoms with E-state index in [2.05, 4.69) is 36.9 Å². The second kappa shape index (κ2) is 31.2. The Morgan fingerprint density at radius 3 is 1.43 bits per heavy atom. The summed E-state index contributed by atoms with van der Waals surface area (Å²) in [4.78, 5) is 46.6. The Morgan fingerprint density at radius 1 is 0.585 bits per heavy atom. The summed E-state index contributed by atoms with van der Waals surface area (Å²) in [6, 6.07) is 0. The van der Waals surface area contributed by atoms with Crippen molar-refractivity contribution >= 4 is 35.4 Å². The van der Waals surface area contributed by atoms with Gasteiger partial charge in [-0.3, -0.25) is 14.4 Å². The minimum Gasteiger partial charge on any atom is -0.411 e. The number of nitrogens with one attached hydrogen (secondary N) is 5. The lowest BCUT2D eigenvalue weighted by Gasteiger charge is -2.28. The van der Waals surface area contributed by atoms with Crippen LogP contribution in [-0.2, 0) is 38.1 Å². The number of nitrogens with zero attached hydrogens (tertiary/aromatic N) is 2. The molecule has 0 spiro atoms. The van der Waals surface area contributed by atoms with Gasteiger partial charge in [-0.1, -0.05) is 10.3 Å². The first kappa shape index (κ1) is 49.8. The van der Waals surface area contributed by atoms with Crippen LogP contribution in [0, 0.1) is 5.92 Å². The summed E-state index contributed by atoms with van der Waals surface area (Å²) < 4.78 is 21.4. The molecule has 0 aromatic rings. The van der Waals surface area contributed by atoms with Gasteiger partial charge in [0.2, 0.25) is 17.7 Å². The van der Waals surface area contributed by atoms with Crippen LogP contribution in [0.15, 0.2) is 10.3 Å². The molecule has 53 heavy (non-hydrogen) atoms. The average molecular weight is 760 g/mol. The van der Waals surface area contributed by atoms with Crippen molar-refractivity contribution in [2.45, 2.75) is 104 Å². The third-order valence-corrected chi connectivity index (χ3v) is 8.77. The lowest BCUT2D eigenvalue weighted by molar-refractivity contribution is -0.123. The molecule has 0 aliphatic carbocycles. The summed E-state index contributed by atoms with van der Waals surface area (Å²) in [6.07, 6.45) is 4.79. The monoisotopic (exact) mass is 760 g/mol. The van der Waals surface area contributed by atoms with Crippen molar-refractivity contribution in [3.8, 4) is 0 Å². The van der Waals surface area contributed by atoms with E-state index < -0.39 is 11.1 Å².